The van der Waals surface area contributed by atoms with Gasteiger partial charge in [-0.05, 0) is 47.2 Å². The highest BCUT2D eigenvalue weighted by Crippen LogP contribution is 2.40. The van der Waals surface area contributed by atoms with Gasteiger partial charge in [0.1, 0.15) is 28.0 Å². The van der Waals surface area contributed by atoms with E-state index in [1.54, 1.807) is 17.7 Å². The van der Waals surface area contributed by atoms with E-state index in [2.05, 4.69) is 59.8 Å². The van der Waals surface area contributed by atoms with E-state index in [1.165, 1.54) is 45.4 Å². The Hall–Kier alpha value is -2.79. The smallest absolute Gasteiger partial charge is 0.126 e. The van der Waals surface area contributed by atoms with Crippen LogP contribution in [0.25, 0.3) is 42.6 Å². The molecule has 29 heavy (non-hydrogen) atoms. The quantitative estimate of drug-likeness (QED) is 0.349. The molecule has 2 aromatic carbocycles. The molecule has 3 aromatic heterocycles. The van der Waals surface area contributed by atoms with Crippen LogP contribution in [0.3, 0.4) is 0 Å². The van der Waals surface area contributed by atoms with Crippen LogP contribution in [0.1, 0.15) is 44.0 Å². The molecule has 0 saturated carbocycles. The molecular formula is C24H22N4S. The van der Waals surface area contributed by atoms with Crippen molar-refractivity contribution in [3.8, 4) is 11.3 Å². The number of rotatable bonds is 2. The van der Waals surface area contributed by atoms with Gasteiger partial charge in [0.25, 0.3) is 0 Å². The maximum Gasteiger partial charge on any atom is 0.126 e. The number of thiophene rings is 1. The summed E-state index contributed by atoms with van der Waals surface area (Å²) in [7, 11) is 0. The van der Waals surface area contributed by atoms with Gasteiger partial charge < -0.3 is 4.57 Å². The number of aromatic nitrogens is 4. The molecular weight excluding hydrogens is 376 g/mol. The maximum atomic E-state index is 4.95. The van der Waals surface area contributed by atoms with Crippen molar-refractivity contribution in [1.29, 1.82) is 0 Å². The lowest BCUT2D eigenvalue weighted by molar-refractivity contribution is 0.534. The molecule has 0 bridgehead atoms. The van der Waals surface area contributed by atoms with Crippen LogP contribution in [0, 0.1) is 0 Å². The lowest BCUT2D eigenvalue weighted by Gasteiger charge is -2.14. The molecule has 5 heteroatoms. The summed E-state index contributed by atoms with van der Waals surface area (Å²) in [5.41, 5.74) is 5.61. The normalized spacial score (nSPS) is 14.3. The van der Waals surface area contributed by atoms with Gasteiger partial charge in [0, 0.05) is 18.5 Å². The molecule has 0 N–H and O–H groups in total. The minimum atomic E-state index is 0.450. The summed E-state index contributed by atoms with van der Waals surface area (Å²) < 4.78 is 3.55. The predicted octanol–water partition coefficient (Wildman–Crippen LogP) is 6.32. The molecule has 1 aliphatic heterocycles. The van der Waals surface area contributed by atoms with Crippen LogP contribution in [0.5, 0.6) is 0 Å². The third-order valence-electron chi connectivity index (χ3n) is 6.05. The largest absolute Gasteiger partial charge is 0.320 e. The van der Waals surface area contributed by atoms with E-state index >= 15 is 0 Å². The van der Waals surface area contributed by atoms with Crippen molar-refractivity contribution in [3.05, 3.63) is 54.1 Å². The molecule has 5 aromatic rings. The Morgan fingerprint density at radius 2 is 1.93 bits per heavy atom. The van der Waals surface area contributed by atoms with E-state index < -0.39 is 0 Å². The van der Waals surface area contributed by atoms with Crippen LogP contribution >= 0.6 is 11.3 Å². The molecule has 0 amide bonds. The summed E-state index contributed by atoms with van der Waals surface area (Å²) in [5.74, 6) is 1.67. The van der Waals surface area contributed by atoms with Crippen LogP contribution in [-0.2, 0) is 13.0 Å². The second-order valence-corrected chi connectivity index (χ2v) is 9.23. The molecule has 0 aliphatic carbocycles. The lowest BCUT2D eigenvalue weighted by Crippen LogP contribution is -2.09. The molecule has 0 unspecified atom stereocenters. The number of hydrogen-bond acceptors (Lipinski definition) is 4. The number of hydrogen-bond donors (Lipinski definition) is 0. The van der Waals surface area contributed by atoms with Crippen molar-refractivity contribution < 1.29 is 0 Å². The fourth-order valence-corrected chi connectivity index (χ4v) is 5.86. The van der Waals surface area contributed by atoms with Gasteiger partial charge in [-0.2, -0.15) is 0 Å². The fraction of sp³-hybridized carbons (Fsp3) is 0.292. The molecule has 0 saturated heterocycles. The molecule has 0 radical (unpaired) electrons. The molecule has 4 heterocycles. The first-order valence-electron chi connectivity index (χ1n) is 10.4. The summed E-state index contributed by atoms with van der Waals surface area (Å²) in [6.45, 7) is 5.58. The number of nitrogens with zero attached hydrogens (tertiary/aromatic N) is 4. The summed E-state index contributed by atoms with van der Waals surface area (Å²) >= 11 is 1.80. The minimum Gasteiger partial charge on any atom is -0.320 e. The van der Waals surface area contributed by atoms with E-state index in [1.807, 2.05) is 0 Å². The van der Waals surface area contributed by atoms with Crippen molar-refractivity contribution in [2.75, 3.05) is 0 Å². The molecule has 144 valence electrons. The predicted molar refractivity (Wildman–Crippen MR) is 121 cm³/mol. The van der Waals surface area contributed by atoms with Crippen molar-refractivity contribution >= 4 is 42.7 Å². The first kappa shape index (κ1) is 17.1. The molecule has 6 rings (SSSR count). The summed E-state index contributed by atoms with van der Waals surface area (Å²) in [4.78, 5) is 15.6. The van der Waals surface area contributed by atoms with Crippen LogP contribution in [0.4, 0.5) is 0 Å². The van der Waals surface area contributed by atoms with Gasteiger partial charge in [-0.1, -0.05) is 38.1 Å². The lowest BCUT2D eigenvalue weighted by atomic mass is 9.92. The Balaban J connectivity index is 1.64. The van der Waals surface area contributed by atoms with Gasteiger partial charge in [0.2, 0.25) is 0 Å². The summed E-state index contributed by atoms with van der Waals surface area (Å²) in [6.07, 6.45) is 5.24. The fourth-order valence-electron chi connectivity index (χ4n) is 4.61. The number of benzene rings is 2. The Labute approximate surface area is 173 Å². The monoisotopic (exact) mass is 398 g/mol. The van der Waals surface area contributed by atoms with Crippen LogP contribution in [0.15, 0.2) is 42.7 Å². The van der Waals surface area contributed by atoms with E-state index in [-0.39, 0.29) is 0 Å². The van der Waals surface area contributed by atoms with E-state index in [0.29, 0.717) is 5.92 Å². The Morgan fingerprint density at radius 3 is 2.83 bits per heavy atom. The molecule has 0 atom stereocenters. The van der Waals surface area contributed by atoms with Crippen LogP contribution < -0.4 is 0 Å². The third kappa shape index (κ3) is 2.53. The van der Waals surface area contributed by atoms with Gasteiger partial charge in [-0.15, -0.1) is 11.3 Å². The third-order valence-corrected chi connectivity index (χ3v) is 7.25. The van der Waals surface area contributed by atoms with E-state index in [0.717, 1.165) is 34.4 Å². The van der Waals surface area contributed by atoms with Gasteiger partial charge in [0.05, 0.1) is 10.4 Å². The summed E-state index contributed by atoms with van der Waals surface area (Å²) in [5, 5.41) is 2.59. The van der Waals surface area contributed by atoms with Crippen molar-refractivity contribution in [2.45, 2.75) is 45.6 Å². The van der Waals surface area contributed by atoms with Crippen LogP contribution in [-0.4, -0.2) is 19.5 Å². The van der Waals surface area contributed by atoms with Gasteiger partial charge >= 0.3 is 0 Å². The highest BCUT2D eigenvalue weighted by atomic mass is 32.1. The second kappa shape index (κ2) is 6.36. The highest BCUT2D eigenvalue weighted by Gasteiger charge is 2.22. The molecule has 0 fully saturated rings. The average Bonchev–Trinajstić information content (AvgIpc) is 3.29. The maximum absolute atomic E-state index is 4.95. The SMILES string of the molecule is CC(C)c1cc(-c2ncnc3c2sc2c3nc3n2CCCC3)cc2ccccc12. The Morgan fingerprint density at radius 1 is 1.03 bits per heavy atom. The molecule has 4 nitrogen and oxygen atoms in total. The summed E-state index contributed by atoms with van der Waals surface area (Å²) in [6, 6.07) is 13.2. The Kier molecular flexibility index (Phi) is 3.75. The number of aryl methyl sites for hydroxylation is 2. The zero-order chi connectivity index (χ0) is 19.5. The average molecular weight is 399 g/mol. The van der Waals surface area contributed by atoms with Crippen molar-refractivity contribution in [2.24, 2.45) is 0 Å². The van der Waals surface area contributed by atoms with Crippen LogP contribution in [0.2, 0.25) is 0 Å². The zero-order valence-electron chi connectivity index (χ0n) is 16.6. The highest BCUT2D eigenvalue weighted by molar-refractivity contribution is 7.25. The van der Waals surface area contributed by atoms with E-state index in [9.17, 15) is 0 Å². The van der Waals surface area contributed by atoms with Gasteiger partial charge in [0.15, 0.2) is 0 Å². The second-order valence-electron chi connectivity index (χ2n) is 8.23. The minimum absolute atomic E-state index is 0.450. The molecule has 0 spiro atoms. The standard InChI is InChI=1S/C24H22N4S/c1-14(2)18-12-16(11-15-7-3-4-8-17(15)18)20-23-21(26-13-25-20)22-24(29-23)28-10-6-5-9-19(28)27-22/h3-4,7-8,11-14H,5-6,9-10H2,1-2H3. The number of fused-ring (bicyclic) bond motifs is 6. The zero-order valence-corrected chi connectivity index (χ0v) is 17.5. The van der Waals surface area contributed by atoms with Gasteiger partial charge in [-0.25, -0.2) is 15.0 Å². The first-order valence-corrected chi connectivity index (χ1v) is 11.2. The topological polar surface area (TPSA) is 43.6 Å². The van der Waals surface area contributed by atoms with Crippen molar-refractivity contribution in [3.63, 3.8) is 0 Å². The van der Waals surface area contributed by atoms with E-state index in [4.69, 9.17) is 9.97 Å². The van der Waals surface area contributed by atoms with Crippen molar-refractivity contribution in [1.82, 2.24) is 19.5 Å². The Bertz CT molecular complexity index is 1390. The number of imidazole rings is 1. The van der Waals surface area contributed by atoms with Gasteiger partial charge in [-0.3, -0.25) is 0 Å². The molecule has 1 aliphatic rings. The first-order chi connectivity index (χ1) is 14.2.